The van der Waals surface area contributed by atoms with Crippen molar-refractivity contribution < 1.29 is 17.6 Å². The first-order valence-electron chi connectivity index (χ1n) is 9.05. The zero-order valence-corrected chi connectivity index (χ0v) is 16.5. The Hall–Kier alpha value is -2.26. The van der Waals surface area contributed by atoms with Gasteiger partial charge in [-0.05, 0) is 44.0 Å². The number of hydrogen-bond acceptors (Lipinski definition) is 6. The van der Waals surface area contributed by atoms with Crippen LogP contribution in [0.15, 0.2) is 33.6 Å². The number of nitrogens with one attached hydrogen (secondary N) is 1. The van der Waals surface area contributed by atoms with Crippen molar-refractivity contribution in [2.24, 2.45) is 0 Å². The number of sulfonamides is 1. The van der Waals surface area contributed by atoms with Gasteiger partial charge in [0.15, 0.2) is 0 Å². The van der Waals surface area contributed by atoms with Crippen LogP contribution in [0.25, 0.3) is 0 Å². The number of amides is 1. The molecule has 1 aromatic heterocycles. The van der Waals surface area contributed by atoms with E-state index in [9.17, 15) is 13.2 Å². The van der Waals surface area contributed by atoms with Crippen LogP contribution in [0.4, 0.5) is 6.01 Å². The van der Waals surface area contributed by atoms with Crippen LogP contribution in [0, 0.1) is 0 Å². The molecular formula is C18H24N4O4S. The van der Waals surface area contributed by atoms with Gasteiger partial charge in [-0.25, -0.2) is 8.42 Å². The van der Waals surface area contributed by atoms with Gasteiger partial charge in [0.05, 0.1) is 4.90 Å². The largest absolute Gasteiger partial charge is 0.408 e. The SMILES string of the molecule is CC(C)c1nnc(NC(=O)c2ccc(S(=O)(=O)N3CCCC[C@@H]3C)cc2)o1. The quantitative estimate of drug-likeness (QED) is 0.838. The summed E-state index contributed by atoms with van der Waals surface area (Å²) >= 11 is 0. The molecule has 8 nitrogen and oxygen atoms in total. The van der Waals surface area contributed by atoms with E-state index in [0.717, 1.165) is 19.3 Å². The van der Waals surface area contributed by atoms with E-state index in [1.54, 1.807) is 0 Å². The highest BCUT2D eigenvalue weighted by atomic mass is 32.2. The normalized spacial score (nSPS) is 18.6. The van der Waals surface area contributed by atoms with Gasteiger partial charge in [-0.15, -0.1) is 5.10 Å². The number of carbonyl (C=O) groups excluding carboxylic acids is 1. The summed E-state index contributed by atoms with van der Waals surface area (Å²) in [6.45, 7) is 6.26. The molecule has 1 aliphatic rings. The van der Waals surface area contributed by atoms with Crippen LogP contribution < -0.4 is 5.32 Å². The van der Waals surface area contributed by atoms with Gasteiger partial charge in [0.25, 0.3) is 5.91 Å². The van der Waals surface area contributed by atoms with Crippen LogP contribution in [0.5, 0.6) is 0 Å². The maximum absolute atomic E-state index is 12.8. The summed E-state index contributed by atoms with van der Waals surface area (Å²) in [6, 6.07) is 5.88. The Bertz CT molecular complexity index is 906. The van der Waals surface area contributed by atoms with Crippen molar-refractivity contribution in [2.45, 2.75) is 56.9 Å². The molecule has 0 saturated carbocycles. The molecule has 2 aromatic rings. The minimum Gasteiger partial charge on any atom is -0.408 e. The van der Waals surface area contributed by atoms with Gasteiger partial charge >= 0.3 is 6.01 Å². The number of rotatable bonds is 5. The summed E-state index contributed by atoms with van der Waals surface area (Å²) in [5.41, 5.74) is 0.310. The van der Waals surface area contributed by atoms with E-state index in [4.69, 9.17) is 4.42 Å². The Morgan fingerprint density at radius 2 is 1.93 bits per heavy atom. The van der Waals surface area contributed by atoms with Crippen molar-refractivity contribution in [3.8, 4) is 0 Å². The standard InChI is InChI=1S/C18H24N4O4S/c1-12(2)17-20-21-18(26-17)19-16(23)14-7-9-15(10-8-14)27(24,25)22-11-5-4-6-13(22)3/h7-10,12-13H,4-6,11H2,1-3H3,(H,19,21,23)/t13-/m0/s1. The van der Waals surface area contributed by atoms with Crippen molar-refractivity contribution in [2.75, 3.05) is 11.9 Å². The molecule has 0 spiro atoms. The maximum atomic E-state index is 12.8. The molecule has 1 N–H and O–H groups in total. The lowest BCUT2D eigenvalue weighted by Gasteiger charge is -2.32. The molecule has 0 radical (unpaired) electrons. The highest BCUT2D eigenvalue weighted by Crippen LogP contribution is 2.25. The van der Waals surface area contributed by atoms with Crippen molar-refractivity contribution in [3.05, 3.63) is 35.7 Å². The summed E-state index contributed by atoms with van der Waals surface area (Å²) in [7, 11) is -3.56. The molecule has 1 saturated heterocycles. The molecule has 146 valence electrons. The van der Waals surface area contributed by atoms with Crippen LogP contribution >= 0.6 is 0 Å². The lowest BCUT2D eigenvalue weighted by Crippen LogP contribution is -2.41. The Labute approximate surface area is 159 Å². The second kappa shape index (κ2) is 7.77. The third kappa shape index (κ3) is 4.19. The summed E-state index contributed by atoms with van der Waals surface area (Å²) in [6.07, 6.45) is 2.77. The maximum Gasteiger partial charge on any atom is 0.322 e. The van der Waals surface area contributed by atoms with Crippen molar-refractivity contribution >= 4 is 21.9 Å². The van der Waals surface area contributed by atoms with Gasteiger partial charge < -0.3 is 4.42 Å². The minimum atomic E-state index is -3.56. The van der Waals surface area contributed by atoms with E-state index in [1.807, 2.05) is 20.8 Å². The molecule has 0 aliphatic carbocycles. The molecule has 1 aromatic carbocycles. The molecule has 9 heteroatoms. The van der Waals surface area contributed by atoms with Gasteiger partial charge in [0, 0.05) is 24.1 Å². The fourth-order valence-electron chi connectivity index (χ4n) is 3.03. The van der Waals surface area contributed by atoms with Crippen LogP contribution in [0.3, 0.4) is 0 Å². The molecule has 2 heterocycles. The lowest BCUT2D eigenvalue weighted by molar-refractivity contribution is 0.102. The smallest absolute Gasteiger partial charge is 0.322 e. The number of nitrogens with zero attached hydrogens (tertiary/aromatic N) is 3. The number of hydrogen-bond donors (Lipinski definition) is 1. The van der Waals surface area contributed by atoms with E-state index >= 15 is 0 Å². The Morgan fingerprint density at radius 3 is 2.52 bits per heavy atom. The summed E-state index contributed by atoms with van der Waals surface area (Å²) in [5.74, 6) is 0.0523. The van der Waals surface area contributed by atoms with Crippen molar-refractivity contribution in [1.82, 2.24) is 14.5 Å². The van der Waals surface area contributed by atoms with Gasteiger partial charge in [0.2, 0.25) is 15.9 Å². The van der Waals surface area contributed by atoms with Crippen molar-refractivity contribution in [3.63, 3.8) is 0 Å². The average molecular weight is 392 g/mol. The number of piperidine rings is 1. The van der Waals surface area contributed by atoms with E-state index in [-0.39, 0.29) is 22.9 Å². The fraction of sp³-hybridized carbons (Fsp3) is 0.500. The van der Waals surface area contributed by atoms with E-state index in [0.29, 0.717) is 18.0 Å². The molecule has 1 aliphatic heterocycles. The summed E-state index contributed by atoms with van der Waals surface area (Å²) in [4.78, 5) is 12.5. The highest BCUT2D eigenvalue weighted by Gasteiger charge is 2.30. The summed E-state index contributed by atoms with van der Waals surface area (Å²) in [5, 5.41) is 10.2. The molecule has 0 bridgehead atoms. The lowest BCUT2D eigenvalue weighted by atomic mass is 10.1. The number of aromatic nitrogens is 2. The van der Waals surface area contributed by atoms with Gasteiger partial charge in [0.1, 0.15) is 0 Å². The minimum absolute atomic E-state index is 0.0144. The molecule has 0 unspecified atom stereocenters. The molecular weight excluding hydrogens is 368 g/mol. The first kappa shape index (κ1) is 19.5. The fourth-order valence-corrected chi connectivity index (χ4v) is 4.73. The molecule has 1 atom stereocenters. The third-order valence-electron chi connectivity index (χ3n) is 4.62. The second-order valence-electron chi connectivity index (χ2n) is 7.04. The van der Waals surface area contributed by atoms with Gasteiger partial charge in [-0.3, -0.25) is 10.1 Å². The monoisotopic (exact) mass is 392 g/mol. The second-order valence-corrected chi connectivity index (χ2v) is 8.93. The third-order valence-corrected chi connectivity index (χ3v) is 6.65. The number of benzene rings is 1. The topological polar surface area (TPSA) is 105 Å². The first-order chi connectivity index (χ1) is 12.8. The van der Waals surface area contributed by atoms with Crippen LogP contribution in [0.1, 0.15) is 62.2 Å². The Kier molecular flexibility index (Phi) is 5.61. The van der Waals surface area contributed by atoms with E-state index in [1.165, 1.54) is 28.6 Å². The molecule has 1 fully saturated rings. The highest BCUT2D eigenvalue weighted by molar-refractivity contribution is 7.89. The first-order valence-corrected chi connectivity index (χ1v) is 10.5. The van der Waals surface area contributed by atoms with Crippen LogP contribution in [-0.2, 0) is 10.0 Å². The van der Waals surface area contributed by atoms with Crippen molar-refractivity contribution in [1.29, 1.82) is 0 Å². The molecule has 1 amide bonds. The zero-order chi connectivity index (χ0) is 19.6. The van der Waals surface area contributed by atoms with E-state index < -0.39 is 15.9 Å². The predicted octanol–water partition coefficient (Wildman–Crippen LogP) is 3.01. The Morgan fingerprint density at radius 1 is 1.22 bits per heavy atom. The van der Waals surface area contributed by atoms with Crippen LogP contribution in [0.2, 0.25) is 0 Å². The summed E-state index contributed by atoms with van der Waals surface area (Å²) < 4.78 is 32.5. The Balaban J connectivity index is 1.73. The average Bonchev–Trinajstić information content (AvgIpc) is 3.11. The number of anilines is 1. The number of carbonyl (C=O) groups is 1. The predicted molar refractivity (Wildman–Crippen MR) is 100.0 cm³/mol. The molecule has 3 rings (SSSR count). The van der Waals surface area contributed by atoms with Gasteiger partial charge in [-0.2, -0.15) is 4.31 Å². The molecule has 27 heavy (non-hydrogen) atoms. The van der Waals surface area contributed by atoms with E-state index in [2.05, 4.69) is 15.5 Å². The zero-order valence-electron chi connectivity index (χ0n) is 15.7. The van der Waals surface area contributed by atoms with Gasteiger partial charge in [-0.1, -0.05) is 25.4 Å². The van der Waals surface area contributed by atoms with Crippen LogP contribution in [-0.4, -0.2) is 41.4 Å².